The molecule has 1 aromatic carbocycles. The van der Waals surface area contributed by atoms with Crippen molar-refractivity contribution >= 4 is 11.8 Å². The van der Waals surface area contributed by atoms with Crippen LogP contribution in [0.2, 0.25) is 0 Å². The van der Waals surface area contributed by atoms with Gasteiger partial charge in [0.15, 0.2) is 0 Å². The molecule has 1 unspecified atom stereocenters. The van der Waals surface area contributed by atoms with Gasteiger partial charge in [-0.3, -0.25) is 9.59 Å². The van der Waals surface area contributed by atoms with Gasteiger partial charge >= 0.3 is 0 Å². The van der Waals surface area contributed by atoms with Crippen molar-refractivity contribution in [2.24, 2.45) is 11.8 Å². The van der Waals surface area contributed by atoms with Gasteiger partial charge in [-0.1, -0.05) is 43.7 Å². The van der Waals surface area contributed by atoms with Crippen molar-refractivity contribution in [3.8, 4) is 0 Å². The Morgan fingerprint density at radius 3 is 2.32 bits per heavy atom. The molecule has 4 nitrogen and oxygen atoms in total. The zero-order valence-corrected chi connectivity index (χ0v) is 15.8. The standard InChI is InChI=1S/C21H32N2O2/c1-4-5-15-23(3)21(25)19-13-11-18(12-14-19)20(24)22-16(2)17-9-7-6-8-10-17/h6-10,16,18-19H,4-5,11-15H2,1-3H3,(H,22,24). The summed E-state index contributed by atoms with van der Waals surface area (Å²) >= 11 is 0. The summed E-state index contributed by atoms with van der Waals surface area (Å²) in [6, 6.07) is 10.1. The molecular formula is C21H32N2O2. The molecule has 1 aliphatic rings. The molecule has 1 N–H and O–H groups in total. The molecule has 0 aliphatic heterocycles. The minimum atomic E-state index is 0.0215. The first-order chi connectivity index (χ1) is 12.0. The molecule has 2 rings (SSSR count). The van der Waals surface area contributed by atoms with E-state index < -0.39 is 0 Å². The SMILES string of the molecule is CCCCN(C)C(=O)C1CCC(C(=O)NC(C)c2ccccc2)CC1. The molecule has 1 aliphatic carbocycles. The molecule has 0 radical (unpaired) electrons. The summed E-state index contributed by atoms with van der Waals surface area (Å²) in [6.45, 7) is 4.99. The Morgan fingerprint density at radius 2 is 1.72 bits per heavy atom. The molecule has 1 fully saturated rings. The first-order valence-electron chi connectivity index (χ1n) is 9.63. The van der Waals surface area contributed by atoms with E-state index in [2.05, 4.69) is 12.2 Å². The average Bonchev–Trinajstić information content (AvgIpc) is 2.66. The molecule has 138 valence electrons. The summed E-state index contributed by atoms with van der Waals surface area (Å²) in [7, 11) is 1.90. The quantitative estimate of drug-likeness (QED) is 0.815. The van der Waals surface area contributed by atoms with Crippen LogP contribution in [-0.2, 0) is 9.59 Å². The van der Waals surface area contributed by atoms with Crippen LogP contribution in [0.4, 0.5) is 0 Å². The van der Waals surface area contributed by atoms with Crippen molar-refractivity contribution in [3.05, 3.63) is 35.9 Å². The normalized spacial score (nSPS) is 21.4. The molecule has 1 saturated carbocycles. The summed E-state index contributed by atoms with van der Waals surface area (Å²) < 4.78 is 0. The highest BCUT2D eigenvalue weighted by Crippen LogP contribution is 2.30. The predicted octanol–water partition coefficient (Wildman–Crippen LogP) is 3.93. The van der Waals surface area contributed by atoms with Gasteiger partial charge in [0.2, 0.25) is 11.8 Å². The second kappa shape index (κ2) is 9.59. The Bertz CT molecular complexity index is 550. The lowest BCUT2D eigenvalue weighted by Crippen LogP contribution is -2.39. The molecule has 0 heterocycles. The van der Waals surface area contributed by atoms with Gasteiger partial charge in [0.05, 0.1) is 6.04 Å². The van der Waals surface area contributed by atoms with Gasteiger partial charge in [-0.05, 0) is 44.6 Å². The van der Waals surface area contributed by atoms with Gasteiger partial charge < -0.3 is 10.2 Å². The van der Waals surface area contributed by atoms with Crippen molar-refractivity contribution in [2.45, 2.75) is 58.4 Å². The van der Waals surface area contributed by atoms with Crippen LogP contribution in [-0.4, -0.2) is 30.3 Å². The first-order valence-corrected chi connectivity index (χ1v) is 9.63. The third-order valence-electron chi connectivity index (χ3n) is 5.33. The van der Waals surface area contributed by atoms with E-state index >= 15 is 0 Å². The molecular weight excluding hydrogens is 312 g/mol. The molecule has 0 bridgehead atoms. The third-order valence-corrected chi connectivity index (χ3v) is 5.33. The number of nitrogens with zero attached hydrogens (tertiary/aromatic N) is 1. The number of hydrogen-bond acceptors (Lipinski definition) is 2. The van der Waals surface area contributed by atoms with E-state index in [9.17, 15) is 9.59 Å². The first kappa shape index (κ1) is 19.5. The van der Waals surface area contributed by atoms with Crippen molar-refractivity contribution in [3.63, 3.8) is 0 Å². The van der Waals surface area contributed by atoms with Crippen LogP contribution in [0.1, 0.15) is 64.0 Å². The summed E-state index contributed by atoms with van der Waals surface area (Å²) in [6.07, 6.45) is 5.43. The van der Waals surface area contributed by atoms with Gasteiger partial charge in [-0.15, -0.1) is 0 Å². The van der Waals surface area contributed by atoms with Gasteiger partial charge in [0.25, 0.3) is 0 Å². The van der Waals surface area contributed by atoms with Gasteiger partial charge in [-0.2, -0.15) is 0 Å². The van der Waals surface area contributed by atoms with Crippen molar-refractivity contribution in [1.29, 1.82) is 0 Å². The van der Waals surface area contributed by atoms with Gasteiger partial charge in [0, 0.05) is 25.4 Å². The number of rotatable bonds is 7. The lowest BCUT2D eigenvalue weighted by Gasteiger charge is -2.30. The number of carbonyl (C=O) groups excluding carboxylic acids is 2. The lowest BCUT2D eigenvalue weighted by molar-refractivity contribution is -0.137. The van der Waals surface area contributed by atoms with E-state index in [0.717, 1.165) is 50.6 Å². The highest BCUT2D eigenvalue weighted by atomic mass is 16.2. The number of unbranched alkanes of at least 4 members (excludes halogenated alkanes) is 1. The number of nitrogens with one attached hydrogen (secondary N) is 1. The lowest BCUT2D eigenvalue weighted by atomic mass is 9.80. The van der Waals surface area contributed by atoms with E-state index in [1.54, 1.807) is 0 Å². The van der Waals surface area contributed by atoms with Crippen LogP contribution >= 0.6 is 0 Å². The topological polar surface area (TPSA) is 49.4 Å². The fourth-order valence-electron chi connectivity index (χ4n) is 3.58. The Balaban J connectivity index is 1.79. The molecule has 2 amide bonds. The van der Waals surface area contributed by atoms with Gasteiger partial charge in [0.1, 0.15) is 0 Å². The maximum atomic E-state index is 12.5. The van der Waals surface area contributed by atoms with E-state index in [1.807, 2.05) is 49.2 Å². The Kier molecular flexibility index (Phi) is 7.48. The maximum absolute atomic E-state index is 12.5. The number of hydrogen-bond donors (Lipinski definition) is 1. The highest BCUT2D eigenvalue weighted by molar-refractivity contribution is 5.81. The predicted molar refractivity (Wildman–Crippen MR) is 101 cm³/mol. The molecule has 0 spiro atoms. The third kappa shape index (κ3) is 5.58. The molecule has 0 aromatic heterocycles. The van der Waals surface area contributed by atoms with Crippen LogP contribution in [0.3, 0.4) is 0 Å². The Morgan fingerprint density at radius 1 is 1.12 bits per heavy atom. The van der Waals surface area contributed by atoms with E-state index in [4.69, 9.17) is 0 Å². The van der Waals surface area contributed by atoms with Crippen molar-refractivity contribution in [1.82, 2.24) is 10.2 Å². The Labute approximate surface area is 152 Å². The van der Waals surface area contributed by atoms with Gasteiger partial charge in [-0.25, -0.2) is 0 Å². The van der Waals surface area contributed by atoms with Crippen molar-refractivity contribution in [2.75, 3.05) is 13.6 Å². The van der Waals surface area contributed by atoms with Crippen molar-refractivity contribution < 1.29 is 9.59 Å². The second-order valence-corrected chi connectivity index (χ2v) is 7.30. The summed E-state index contributed by atoms with van der Waals surface area (Å²) in [5.74, 6) is 0.514. The minimum Gasteiger partial charge on any atom is -0.349 e. The van der Waals surface area contributed by atoms with Crippen LogP contribution in [0.5, 0.6) is 0 Å². The second-order valence-electron chi connectivity index (χ2n) is 7.30. The molecule has 0 saturated heterocycles. The summed E-state index contributed by atoms with van der Waals surface area (Å²) in [5.41, 5.74) is 1.12. The zero-order chi connectivity index (χ0) is 18.2. The highest BCUT2D eigenvalue weighted by Gasteiger charge is 2.31. The maximum Gasteiger partial charge on any atom is 0.225 e. The molecule has 4 heteroatoms. The average molecular weight is 344 g/mol. The number of amides is 2. The van der Waals surface area contributed by atoms with Crippen LogP contribution in [0.25, 0.3) is 0 Å². The Hall–Kier alpha value is -1.84. The number of benzene rings is 1. The van der Waals surface area contributed by atoms with E-state index in [-0.39, 0.29) is 29.7 Å². The number of carbonyl (C=O) groups is 2. The fourth-order valence-corrected chi connectivity index (χ4v) is 3.58. The smallest absolute Gasteiger partial charge is 0.225 e. The minimum absolute atomic E-state index is 0.0215. The summed E-state index contributed by atoms with van der Waals surface area (Å²) in [4.78, 5) is 26.9. The van der Waals surface area contributed by atoms with E-state index in [1.165, 1.54) is 0 Å². The summed E-state index contributed by atoms with van der Waals surface area (Å²) in [5, 5.41) is 3.13. The van der Waals surface area contributed by atoms with Crippen LogP contribution in [0, 0.1) is 11.8 Å². The molecule has 25 heavy (non-hydrogen) atoms. The molecule has 1 atom stereocenters. The fraction of sp³-hybridized carbons (Fsp3) is 0.619. The van der Waals surface area contributed by atoms with Crippen LogP contribution < -0.4 is 5.32 Å². The van der Waals surface area contributed by atoms with Crippen LogP contribution in [0.15, 0.2) is 30.3 Å². The largest absolute Gasteiger partial charge is 0.349 e. The zero-order valence-electron chi connectivity index (χ0n) is 15.8. The monoisotopic (exact) mass is 344 g/mol. The molecule has 1 aromatic rings. The van der Waals surface area contributed by atoms with E-state index in [0.29, 0.717) is 0 Å².